The predicted octanol–water partition coefficient (Wildman–Crippen LogP) is 1.99. The molecule has 22 N–H and O–H groups in total. The summed E-state index contributed by atoms with van der Waals surface area (Å²) >= 11 is 3.75. The number of fused-ring (bicyclic) bond motifs is 5. The third-order valence-corrected chi connectivity index (χ3v) is 29.2. The van der Waals surface area contributed by atoms with E-state index in [4.69, 9.17) is 61.6 Å². The van der Waals surface area contributed by atoms with Gasteiger partial charge in [-0.1, -0.05) is 96.0 Å². The van der Waals surface area contributed by atoms with Crippen LogP contribution in [0.5, 0.6) is 5.75 Å². The maximum absolute atomic E-state index is 15.8. The fourth-order valence-electron chi connectivity index (χ4n) is 15.2. The monoisotopic (exact) mass is 2100 g/mol. The molecule has 2 aromatic rings. The molecule has 1 aliphatic carbocycles. The Morgan fingerprint density at radius 2 is 1.37 bits per heavy atom. The minimum absolute atomic E-state index is 0.0909. The van der Waals surface area contributed by atoms with Gasteiger partial charge in [-0.2, -0.15) is 0 Å². The molecule has 788 valence electrons. The quantitative estimate of drug-likeness (QED) is 0.00658. The first-order valence-corrected chi connectivity index (χ1v) is 50.3. The van der Waals surface area contributed by atoms with Gasteiger partial charge >= 0.3 is 35.9 Å². The zero-order valence-electron chi connectivity index (χ0n) is 79.3. The van der Waals surface area contributed by atoms with E-state index in [1.165, 1.54) is 44.9 Å². The number of rotatable bonds is 52. The Kier molecular flexibility index (Phi) is 46.8. The van der Waals surface area contributed by atoms with Crippen molar-refractivity contribution in [1.29, 1.82) is 5.41 Å². The van der Waals surface area contributed by atoms with Gasteiger partial charge in [0.25, 0.3) is 11.3 Å². The van der Waals surface area contributed by atoms with Crippen LogP contribution in [0.4, 0.5) is 35.0 Å². The van der Waals surface area contributed by atoms with Crippen LogP contribution in [0.1, 0.15) is 163 Å². The van der Waals surface area contributed by atoms with Gasteiger partial charge in [-0.15, -0.1) is 0 Å². The van der Waals surface area contributed by atoms with Crippen LogP contribution in [0.25, 0.3) is 0 Å². The molecule has 1 saturated carbocycles. The number of benzene rings is 2. The Hall–Kier alpha value is -11.0. The molecule has 6 rings (SSSR count). The highest BCUT2D eigenvalue weighted by Gasteiger charge is 2.65. The molecule has 2 saturated heterocycles. The highest BCUT2D eigenvalue weighted by molar-refractivity contribution is 8.77. The Balaban J connectivity index is 0.983. The van der Waals surface area contributed by atoms with Gasteiger partial charge < -0.3 is 128 Å². The second-order valence-corrected chi connectivity index (χ2v) is 41.0. The number of amides is 10. The lowest BCUT2D eigenvalue weighted by molar-refractivity contribution is -0.162. The molecular formula is C86H126ClF3N16O31S4. The average molecular weight is 2100 g/mol. The van der Waals surface area contributed by atoms with Crippen molar-refractivity contribution < 1.29 is 161 Å². The molecule has 0 aromatic heterocycles. The molecule has 4 aliphatic rings. The van der Waals surface area contributed by atoms with Crippen LogP contribution in [-0.4, -0.2) is 317 Å². The first-order valence-electron chi connectivity index (χ1n) is 44.8. The van der Waals surface area contributed by atoms with Gasteiger partial charge in [0.05, 0.1) is 82.5 Å². The van der Waals surface area contributed by atoms with Crippen molar-refractivity contribution in [1.82, 2.24) is 52.8 Å². The number of likely N-dealkylation sites (N-methyl/N-ethyl adjacent to an activating group) is 1. The van der Waals surface area contributed by atoms with Gasteiger partial charge in [-0.05, 0) is 90.8 Å². The summed E-state index contributed by atoms with van der Waals surface area (Å²) in [6.45, 7) is 7.74. The molecule has 10 amide bonds. The van der Waals surface area contributed by atoms with Crippen molar-refractivity contribution in [2.24, 2.45) is 17.4 Å². The maximum Gasteiger partial charge on any atom is 0.409 e. The number of methoxy groups -OCH3 is 2. The molecule has 3 fully saturated rings. The molecule has 4 bridgehead atoms. The minimum Gasteiger partial charge on any atom is -0.495 e. The first kappa shape index (κ1) is 119. The van der Waals surface area contributed by atoms with E-state index in [9.17, 15) is 115 Å². The number of anilines is 3. The number of aliphatic hydroxyl groups is 1. The van der Waals surface area contributed by atoms with Crippen molar-refractivity contribution in [3.05, 3.63) is 64.0 Å². The largest absolute Gasteiger partial charge is 0.495 e. The van der Waals surface area contributed by atoms with Crippen molar-refractivity contribution >= 4 is 166 Å². The van der Waals surface area contributed by atoms with Gasteiger partial charge in [0, 0.05) is 89.0 Å². The summed E-state index contributed by atoms with van der Waals surface area (Å²) in [6, 6.07) is -9.93. The number of aliphatic carboxylic acids is 4. The molecule has 12 unspecified atom stereocenters. The molecule has 2 aromatic carbocycles. The topological polar surface area (TPSA) is 711 Å². The number of allylic oxidation sites excluding steroid dienone is 3. The van der Waals surface area contributed by atoms with Crippen LogP contribution in [0.3, 0.4) is 0 Å². The summed E-state index contributed by atoms with van der Waals surface area (Å²) in [4.78, 5) is 201. The minimum atomic E-state index is -4.97. The van der Waals surface area contributed by atoms with E-state index in [1.54, 1.807) is 58.1 Å². The molecule has 0 spiro atoms. The predicted molar refractivity (Wildman–Crippen MR) is 505 cm³/mol. The summed E-state index contributed by atoms with van der Waals surface area (Å²) in [5, 5.41) is 82.1. The van der Waals surface area contributed by atoms with E-state index < -0.39 is 308 Å². The van der Waals surface area contributed by atoms with E-state index in [-0.39, 0.29) is 81.7 Å². The molecule has 3 aliphatic heterocycles. The molecule has 0 radical (unpaired) electrons. The van der Waals surface area contributed by atoms with E-state index >= 15 is 13.2 Å². The van der Waals surface area contributed by atoms with Crippen molar-refractivity contribution in [3.63, 3.8) is 0 Å². The summed E-state index contributed by atoms with van der Waals surface area (Å²) in [7, 11) is 2.64. The summed E-state index contributed by atoms with van der Waals surface area (Å²) in [6.07, 6.45) is -1.30. The van der Waals surface area contributed by atoms with Gasteiger partial charge in [0.1, 0.15) is 87.6 Å². The number of carboxylic acids is 4. The highest BCUT2D eigenvalue weighted by atomic mass is 35.5. The number of hydrogen-bond acceptors (Lipinski definition) is 31. The third-order valence-electron chi connectivity index (χ3n) is 23.3. The summed E-state index contributed by atoms with van der Waals surface area (Å²) in [5.41, 5.74) is 7.44. The molecule has 3 heterocycles. The molecule has 55 heteroatoms. The Morgan fingerprint density at radius 1 is 0.780 bits per heavy atom. The average Bonchev–Trinajstić information content (AvgIpc) is 1.57. The third kappa shape index (κ3) is 37.1. The zero-order chi connectivity index (χ0) is 105. The number of esters is 1. The highest BCUT2D eigenvalue weighted by Crippen LogP contribution is 2.50. The number of carbonyl (C=O) groups excluding carboxylic acids is 11. The van der Waals surface area contributed by atoms with Crippen molar-refractivity contribution in [3.8, 4) is 5.75 Å². The normalized spacial score (nSPS) is 21.4. The number of guanidine groups is 1. The number of sulfone groups is 1. The number of hydrogen-bond donors (Lipinski definition) is 20. The Morgan fingerprint density at radius 3 is 1.97 bits per heavy atom. The second kappa shape index (κ2) is 55.6. The van der Waals surface area contributed by atoms with Crippen LogP contribution in [0.15, 0.2) is 40.8 Å². The smallest absolute Gasteiger partial charge is 0.409 e. The lowest BCUT2D eigenvalue weighted by Crippen LogP contribution is -2.63. The van der Waals surface area contributed by atoms with Crippen LogP contribution in [0, 0.1) is 28.8 Å². The zero-order valence-corrected chi connectivity index (χ0v) is 83.3. The van der Waals surface area contributed by atoms with Crippen LogP contribution < -0.4 is 79.0 Å². The first-order chi connectivity index (χ1) is 66.2. The molecule has 47 nitrogen and oxygen atoms in total. The standard InChI is InChI=1S/C86H126ClF3N16O31S4/c1-44-18-16-22-58(132-10)86(126)41-57(135-83(125)103-86)45(2)74-85(6,137-74)59(40-63(110)106(8)55-35-47(34-44)36-56(131-9)67(55)87)136-81(124)46(3)105(7)62(109)23-26-84(4,5)139-138-43-54(80(122)123)102-79(121)53(39-66(115)116)100-75(117)49(91)42-96-76(118)51(37-64(111)112)101-77(119)50(21-17-27-95-82(92)93)99-78(120)52(38-65(113)114)98-61(108)24-29-133-31-32-134-30-28-94-60(107)25-33-141(129,130)73-69(89)68(88)71(104-140(127)128)70(90)72(73)97-48-19-14-12-11-13-15-20-48/h16,18,22,35-36,45-46,48-54,57-59,74,97,104,126H,11-15,17,19-21,23-34,37-43,91H2,1-10H3,(H,94,107)(H,96,118)(H,98,108)(H,99,120)(H,100,117)(H,101,119)(H,102,121)(H,103,125)(H,111,112)(H,113,114)(H,115,116)(H,122,123)(H,127,128)(H4,92,93,95)/b22-16+,44-18-/t45?,46?,49-,50?,51?,52?,53-,54-,57?,58?,59?,74?,85?,86?/m0/s1. The van der Waals surface area contributed by atoms with Crippen molar-refractivity contribution in [2.75, 3.05) is 101 Å². The van der Waals surface area contributed by atoms with Crippen LogP contribution in [-0.2, 0) is 123 Å². The lowest BCUT2D eigenvalue weighted by Gasteiger charge is -2.42. The summed E-state index contributed by atoms with van der Waals surface area (Å²) in [5.74, 6) is -25.5. The second-order valence-electron chi connectivity index (χ2n) is 34.8. The fourth-order valence-corrected chi connectivity index (χ4v) is 20.1. The fraction of sp³-hybridized carbons (Fsp3) is 0.628. The molecular weight excluding hydrogens is 1970 g/mol. The van der Waals surface area contributed by atoms with E-state index in [2.05, 4.69) is 53.2 Å². The number of carbonyl (C=O) groups is 15. The Bertz CT molecular complexity index is 5050. The number of nitrogens with one attached hydrogen (secondary N) is 12. The maximum atomic E-state index is 15.8. The van der Waals surface area contributed by atoms with Crippen LogP contribution >= 0.6 is 33.2 Å². The number of nitrogens with two attached hydrogens (primary N) is 2. The van der Waals surface area contributed by atoms with Crippen LogP contribution in [0.2, 0.25) is 5.02 Å². The Labute approximate surface area is 826 Å². The van der Waals surface area contributed by atoms with E-state index in [0.717, 1.165) is 51.3 Å². The SMILES string of the molecule is COc1cc2cc(c1Cl)N(C)C(=O)CC(OC(=O)C(C)N(C)C(=O)CCC(C)(C)SSC[C@H](NC(=O)[C@H](CC(=O)O)NC(=O)[C@@H](N)CNC(=O)C(CC(=O)O)NC(=O)C(CCCNC(=N)N)NC(=O)C(CC(=O)O)NC(=O)CCOCCOCCNC(=O)CCS(=O)(=O)c1c(F)c(F)c(NS(=O)O)c(F)c1NC1CCCCCCC1)C(=O)O)C1(C)OC1C(C)C1CC(O)(NC(=O)O1)C(OC)/C=C/C=C(/C)C2. The van der Waals surface area contributed by atoms with Gasteiger partial charge in [0.15, 0.2) is 39.0 Å². The molecule has 15 atom stereocenters. The van der Waals surface area contributed by atoms with Gasteiger partial charge in [-0.3, -0.25) is 77.5 Å². The van der Waals surface area contributed by atoms with Crippen molar-refractivity contribution in [2.45, 2.75) is 257 Å². The number of carboxylic acid groups (broad SMARTS) is 4. The number of alkyl carbamates (subject to hydrolysis) is 1. The van der Waals surface area contributed by atoms with Gasteiger partial charge in [-0.25, -0.2) is 40.2 Å². The number of nitrogens with zero attached hydrogens (tertiary/aromatic N) is 2. The lowest BCUT2D eigenvalue weighted by atomic mass is 9.83. The number of halogens is 4. The van der Waals surface area contributed by atoms with E-state index in [0.29, 0.717) is 37.7 Å². The van der Waals surface area contributed by atoms with E-state index in [1.807, 2.05) is 6.92 Å². The number of ether oxygens (including phenoxy) is 7. The molecule has 141 heavy (non-hydrogen) atoms. The number of epoxide rings is 1. The van der Waals surface area contributed by atoms with Gasteiger partial charge in [0.2, 0.25) is 53.2 Å². The summed E-state index contributed by atoms with van der Waals surface area (Å²) < 4.78 is 135.